The van der Waals surface area contributed by atoms with Gasteiger partial charge in [0.25, 0.3) is 0 Å². The van der Waals surface area contributed by atoms with Crippen LogP contribution in [0.3, 0.4) is 0 Å². The van der Waals surface area contributed by atoms with Gasteiger partial charge in [-0.25, -0.2) is 0 Å². The number of allylic oxidation sites excluding steroid dienone is 7. The number of carbonyl (C=O) groups is 1. The van der Waals surface area contributed by atoms with E-state index in [9.17, 15) is 4.79 Å². The van der Waals surface area contributed by atoms with Gasteiger partial charge in [0.05, 0.1) is 12.2 Å². The quantitative estimate of drug-likeness (QED) is 0.225. The van der Waals surface area contributed by atoms with Crippen LogP contribution in [0.5, 0.6) is 0 Å². The van der Waals surface area contributed by atoms with Crippen molar-refractivity contribution in [3.63, 3.8) is 0 Å². The summed E-state index contributed by atoms with van der Waals surface area (Å²) in [7, 11) is 0. The number of aliphatic carboxylic acids is 1. The largest absolute Gasteiger partial charge is 0.481 e. The van der Waals surface area contributed by atoms with Crippen LogP contribution in [0.2, 0.25) is 0 Å². The average molecular weight is 347 g/mol. The highest BCUT2D eigenvalue weighted by molar-refractivity contribution is 5.66. The third kappa shape index (κ3) is 13.4. The van der Waals surface area contributed by atoms with Crippen LogP contribution in [0.4, 0.5) is 0 Å². The SMILES string of the molecule is CCC=CCC=CCC=CCC=CCC1OC1CCCCCC(=O)O. The molecule has 2 atom stereocenters. The lowest BCUT2D eigenvalue weighted by atomic mass is 10.1. The van der Waals surface area contributed by atoms with Crippen LogP contribution in [0, 0.1) is 0 Å². The van der Waals surface area contributed by atoms with E-state index in [2.05, 4.69) is 55.5 Å². The Morgan fingerprint density at radius 2 is 1.44 bits per heavy atom. The summed E-state index contributed by atoms with van der Waals surface area (Å²) < 4.78 is 5.64. The Morgan fingerprint density at radius 1 is 0.840 bits per heavy atom. The summed E-state index contributed by atoms with van der Waals surface area (Å²) in [6.45, 7) is 2.15. The monoisotopic (exact) mass is 346 g/mol. The van der Waals surface area contributed by atoms with Crippen molar-refractivity contribution >= 4 is 5.97 Å². The minimum atomic E-state index is -0.695. The number of hydrogen-bond donors (Lipinski definition) is 1. The highest BCUT2D eigenvalue weighted by atomic mass is 16.6. The van der Waals surface area contributed by atoms with Crippen molar-refractivity contribution in [3.8, 4) is 0 Å². The van der Waals surface area contributed by atoms with Crippen LogP contribution in [0.15, 0.2) is 48.6 Å². The predicted octanol–water partition coefficient (Wildman–Crippen LogP) is 5.98. The molecule has 0 aliphatic carbocycles. The van der Waals surface area contributed by atoms with Crippen LogP contribution in [0.25, 0.3) is 0 Å². The van der Waals surface area contributed by atoms with E-state index < -0.39 is 5.97 Å². The maximum atomic E-state index is 10.4. The maximum Gasteiger partial charge on any atom is 0.303 e. The van der Waals surface area contributed by atoms with Gasteiger partial charge in [0.2, 0.25) is 0 Å². The first-order chi connectivity index (χ1) is 12.2. The topological polar surface area (TPSA) is 49.8 Å². The summed E-state index contributed by atoms with van der Waals surface area (Å²) >= 11 is 0. The molecule has 0 radical (unpaired) electrons. The molecule has 3 heteroatoms. The summed E-state index contributed by atoms with van der Waals surface area (Å²) in [6.07, 6.45) is 27.7. The number of rotatable bonds is 15. The highest BCUT2D eigenvalue weighted by Crippen LogP contribution is 2.30. The third-order valence-corrected chi connectivity index (χ3v) is 4.15. The van der Waals surface area contributed by atoms with Crippen LogP contribution in [-0.4, -0.2) is 23.3 Å². The summed E-state index contributed by atoms with van der Waals surface area (Å²) in [4.78, 5) is 10.4. The molecule has 0 aromatic rings. The maximum absolute atomic E-state index is 10.4. The number of epoxide rings is 1. The summed E-state index contributed by atoms with van der Waals surface area (Å²) in [5.74, 6) is -0.695. The Bertz CT molecular complexity index is 460. The standard InChI is InChI=1S/C22H34O3/c1-2-3-4-5-6-7-8-9-10-11-12-14-17-20-21(25-20)18-15-13-16-19-22(23)24/h3-4,6-7,9-10,12,14,20-21H,2,5,8,11,13,15-19H2,1H3,(H,23,24). The van der Waals surface area contributed by atoms with Gasteiger partial charge in [-0.2, -0.15) is 0 Å². The van der Waals surface area contributed by atoms with Gasteiger partial charge in [0, 0.05) is 6.42 Å². The molecule has 1 heterocycles. The minimum absolute atomic E-state index is 0.289. The molecule has 1 saturated heterocycles. The Hall–Kier alpha value is -1.61. The number of carboxylic acids is 1. The molecule has 0 aromatic heterocycles. The zero-order valence-corrected chi connectivity index (χ0v) is 15.6. The fraction of sp³-hybridized carbons (Fsp3) is 0.591. The molecule has 2 unspecified atom stereocenters. The molecule has 25 heavy (non-hydrogen) atoms. The average Bonchev–Trinajstić information content (AvgIpc) is 3.33. The molecule has 0 bridgehead atoms. The molecule has 0 amide bonds. The van der Waals surface area contributed by atoms with E-state index in [1.54, 1.807) is 0 Å². The van der Waals surface area contributed by atoms with Crippen molar-refractivity contribution in [3.05, 3.63) is 48.6 Å². The molecule has 0 spiro atoms. The van der Waals surface area contributed by atoms with Gasteiger partial charge >= 0.3 is 5.97 Å². The van der Waals surface area contributed by atoms with Crippen molar-refractivity contribution in [2.75, 3.05) is 0 Å². The number of unbranched alkanes of at least 4 members (excludes halogenated alkanes) is 2. The van der Waals surface area contributed by atoms with E-state index in [0.717, 1.165) is 57.8 Å². The summed E-state index contributed by atoms with van der Waals surface area (Å²) in [6, 6.07) is 0. The van der Waals surface area contributed by atoms with Gasteiger partial charge in [-0.3, -0.25) is 4.79 Å². The van der Waals surface area contributed by atoms with Gasteiger partial charge in [-0.1, -0.05) is 68.4 Å². The molecule has 140 valence electrons. The first-order valence-corrected chi connectivity index (χ1v) is 9.71. The zero-order valence-electron chi connectivity index (χ0n) is 15.6. The fourth-order valence-corrected chi connectivity index (χ4v) is 2.65. The smallest absolute Gasteiger partial charge is 0.303 e. The van der Waals surface area contributed by atoms with Crippen molar-refractivity contribution in [2.24, 2.45) is 0 Å². The van der Waals surface area contributed by atoms with Crippen LogP contribution in [0.1, 0.15) is 71.1 Å². The van der Waals surface area contributed by atoms with Crippen molar-refractivity contribution in [2.45, 2.75) is 83.3 Å². The highest BCUT2D eigenvalue weighted by Gasteiger charge is 2.36. The molecular formula is C22H34O3. The first kappa shape index (κ1) is 21.4. The zero-order chi connectivity index (χ0) is 18.2. The van der Waals surface area contributed by atoms with Gasteiger partial charge in [-0.15, -0.1) is 0 Å². The number of hydrogen-bond acceptors (Lipinski definition) is 2. The fourth-order valence-electron chi connectivity index (χ4n) is 2.65. The van der Waals surface area contributed by atoms with E-state index in [1.807, 2.05) is 0 Å². The van der Waals surface area contributed by atoms with E-state index in [1.165, 1.54) is 0 Å². The minimum Gasteiger partial charge on any atom is -0.481 e. The Labute approximate surface area is 153 Å². The summed E-state index contributed by atoms with van der Waals surface area (Å²) in [5, 5.41) is 8.57. The van der Waals surface area contributed by atoms with Crippen molar-refractivity contribution < 1.29 is 14.6 Å². The lowest BCUT2D eigenvalue weighted by molar-refractivity contribution is -0.137. The first-order valence-electron chi connectivity index (χ1n) is 9.71. The number of carboxylic acid groups (broad SMARTS) is 1. The van der Waals surface area contributed by atoms with E-state index in [-0.39, 0.29) is 6.42 Å². The van der Waals surface area contributed by atoms with Crippen LogP contribution in [-0.2, 0) is 9.53 Å². The van der Waals surface area contributed by atoms with E-state index >= 15 is 0 Å². The predicted molar refractivity (Wildman–Crippen MR) is 105 cm³/mol. The Morgan fingerprint density at radius 3 is 2.04 bits per heavy atom. The number of ether oxygens (including phenoxy) is 1. The molecule has 3 nitrogen and oxygen atoms in total. The van der Waals surface area contributed by atoms with Crippen LogP contribution >= 0.6 is 0 Å². The van der Waals surface area contributed by atoms with Crippen LogP contribution < -0.4 is 0 Å². The molecule has 1 N–H and O–H groups in total. The molecule has 1 fully saturated rings. The van der Waals surface area contributed by atoms with E-state index in [4.69, 9.17) is 9.84 Å². The molecular weight excluding hydrogens is 312 g/mol. The second-order valence-corrected chi connectivity index (χ2v) is 6.44. The van der Waals surface area contributed by atoms with Gasteiger partial charge in [0.15, 0.2) is 0 Å². The Balaban J connectivity index is 1.91. The van der Waals surface area contributed by atoms with Crippen molar-refractivity contribution in [1.82, 2.24) is 0 Å². The normalized spacial score (nSPS) is 20.5. The van der Waals surface area contributed by atoms with Gasteiger partial charge in [-0.05, 0) is 44.9 Å². The van der Waals surface area contributed by atoms with E-state index in [0.29, 0.717) is 12.2 Å². The molecule has 1 aliphatic heterocycles. The lowest BCUT2D eigenvalue weighted by Gasteiger charge is -1.96. The molecule has 1 rings (SSSR count). The second kappa shape index (κ2) is 14.7. The van der Waals surface area contributed by atoms with Gasteiger partial charge in [0.1, 0.15) is 0 Å². The summed E-state index contributed by atoms with van der Waals surface area (Å²) in [5.41, 5.74) is 0. The second-order valence-electron chi connectivity index (χ2n) is 6.44. The van der Waals surface area contributed by atoms with Gasteiger partial charge < -0.3 is 9.84 Å². The van der Waals surface area contributed by atoms with Crippen molar-refractivity contribution in [1.29, 1.82) is 0 Å². The Kier molecular flexibility index (Phi) is 12.6. The third-order valence-electron chi connectivity index (χ3n) is 4.15. The molecule has 1 aliphatic rings. The lowest BCUT2D eigenvalue weighted by Crippen LogP contribution is -1.95. The molecule has 0 aromatic carbocycles. The molecule has 0 saturated carbocycles.